The van der Waals surface area contributed by atoms with E-state index in [2.05, 4.69) is 31.8 Å². The average Bonchev–Trinajstić information content (AvgIpc) is 3.24. The highest BCUT2D eigenvalue weighted by Gasteiger charge is 2.48. The molecule has 3 saturated heterocycles. The molecule has 3 fully saturated rings. The SMILES string of the molecule is O=P([C@@H](c1cccs1)N1CCCCC1)(N1CCCCC1)N1CCCCC1. The highest BCUT2D eigenvalue weighted by Crippen LogP contribution is 2.67. The van der Waals surface area contributed by atoms with Crippen LogP contribution in [0.1, 0.15) is 68.4 Å². The summed E-state index contributed by atoms with van der Waals surface area (Å²) >= 11 is 1.81. The Morgan fingerprint density at radius 3 is 1.73 bits per heavy atom. The molecule has 0 radical (unpaired) electrons. The quantitative estimate of drug-likeness (QED) is 0.624. The predicted molar refractivity (Wildman–Crippen MR) is 111 cm³/mol. The van der Waals surface area contributed by atoms with Gasteiger partial charge in [0.2, 0.25) is 7.44 Å². The number of thiophene rings is 1. The van der Waals surface area contributed by atoms with Crippen LogP contribution in [0.2, 0.25) is 0 Å². The summed E-state index contributed by atoms with van der Waals surface area (Å²) in [4.78, 5) is 3.91. The van der Waals surface area contributed by atoms with Gasteiger partial charge < -0.3 is 0 Å². The third-order valence-corrected chi connectivity index (χ3v) is 11.1. The molecule has 0 bridgehead atoms. The number of piperidine rings is 3. The monoisotopic (exact) mass is 395 g/mol. The minimum atomic E-state index is -2.63. The predicted octanol–water partition coefficient (Wildman–Crippen LogP) is 5.40. The highest BCUT2D eigenvalue weighted by atomic mass is 32.1. The molecular weight excluding hydrogens is 361 g/mol. The van der Waals surface area contributed by atoms with E-state index in [0.29, 0.717) is 0 Å². The zero-order valence-electron chi connectivity index (χ0n) is 16.0. The maximum atomic E-state index is 15.0. The fraction of sp³-hybridized carbons (Fsp3) is 0.800. The van der Waals surface area contributed by atoms with Crippen LogP contribution in [0, 0.1) is 0 Å². The van der Waals surface area contributed by atoms with E-state index in [-0.39, 0.29) is 5.78 Å². The maximum absolute atomic E-state index is 15.0. The molecule has 1 atom stereocenters. The third kappa shape index (κ3) is 3.84. The van der Waals surface area contributed by atoms with E-state index in [1.165, 1.54) is 62.7 Å². The largest absolute Gasteiger partial charge is 0.287 e. The van der Waals surface area contributed by atoms with Crippen LogP contribution in [0.4, 0.5) is 0 Å². The Balaban J connectivity index is 1.73. The van der Waals surface area contributed by atoms with Crippen LogP contribution in [0.25, 0.3) is 0 Å². The lowest BCUT2D eigenvalue weighted by Gasteiger charge is -2.49. The van der Waals surface area contributed by atoms with Crippen LogP contribution >= 0.6 is 18.8 Å². The van der Waals surface area contributed by atoms with E-state index in [1.807, 2.05) is 11.3 Å². The second-order valence-corrected chi connectivity index (χ2v) is 11.9. The van der Waals surface area contributed by atoms with E-state index in [4.69, 9.17) is 0 Å². The molecule has 146 valence electrons. The van der Waals surface area contributed by atoms with Crippen molar-refractivity contribution in [1.82, 2.24) is 14.2 Å². The fourth-order valence-corrected chi connectivity index (χ4v) is 10.1. The van der Waals surface area contributed by atoms with Crippen molar-refractivity contribution in [3.63, 3.8) is 0 Å². The summed E-state index contributed by atoms with van der Waals surface area (Å²) in [5, 5.41) is 2.17. The molecule has 4 heterocycles. The minimum absolute atomic E-state index is 0.0824. The van der Waals surface area contributed by atoms with Crippen LogP contribution < -0.4 is 0 Å². The number of likely N-dealkylation sites (tertiary alicyclic amines) is 1. The van der Waals surface area contributed by atoms with Gasteiger partial charge in [-0.25, -0.2) is 9.34 Å². The Morgan fingerprint density at radius 2 is 1.27 bits per heavy atom. The molecule has 6 heteroatoms. The number of hydrogen-bond donors (Lipinski definition) is 0. The van der Waals surface area contributed by atoms with E-state index in [1.54, 1.807) is 0 Å². The molecule has 1 aromatic heterocycles. The molecule has 0 aromatic carbocycles. The molecule has 0 saturated carbocycles. The van der Waals surface area contributed by atoms with Gasteiger partial charge in [0.25, 0.3) is 0 Å². The normalized spacial score (nSPS) is 26.0. The minimum Gasteiger partial charge on any atom is -0.287 e. The Bertz CT molecular complexity index is 568. The summed E-state index contributed by atoms with van der Waals surface area (Å²) in [6.45, 7) is 6.28. The van der Waals surface area contributed by atoms with Gasteiger partial charge in [0.1, 0.15) is 5.78 Å². The Hall–Kier alpha value is -0.190. The first-order chi connectivity index (χ1) is 12.8. The standard InChI is InChI=1S/C20H34N3OPS/c24-25(22-14-6-2-7-15-22,23-16-8-3-9-17-23)20(19-11-10-18-26-19)21-12-4-1-5-13-21/h10-11,18,20H,1-9,12-17H2/t20-/m0/s1. The van der Waals surface area contributed by atoms with Crippen LogP contribution in [0.5, 0.6) is 0 Å². The molecule has 0 spiro atoms. The fourth-order valence-electron chi connectivity index (χ4n) is 4.98. The summed E-state index contributed by atoms with van der Waals surface area (Å²) in [7, 11) is -2.63. The Kier molecular flexibility index (Phi) is 6.53. The molecular formula is C20H34N3OPS. The lowest BCUT2D eigenvalue weighted by molar-refractivity contribution is 0.180. The summed E-state index contributed by atoms with van der Waals surface area (Å²) in [6, 6.07) is 4.39. The van der Waals surface area contributed by atoms with Crippen molar-refractivity contribution >= 4 is 18.8 Å². The Morgan fingerprint density at radius 1 is 0.769 bits per heavy atom. The molecule has 1 aromatic rings. The van der Waals surface area contributed by atoms with Crippen molar-refractivity contribution in [2.24, 2.45) is 0 Å². The van der Waals surface area contributed by atoms with Crippen LogP contribution in [-0.4, -0.2) is 53.5 Å². The topological polar surface area (TPSA) is 26.8 Å². The zero-order valence-corrected chi connectivity index (χ0v) is 17.7. The van der Waals surface area contributed by atoms with Crippen LogP contribution in [0.15, 0.2) is 17.5 Å². The van der Waals surface area contributed by atoms with Crippen molar-refractivity contribution in [1.29, 1.82) is 0 Å². The molecule has 4 rings (SSSR count). The first-order valence-electron chi connectivity index (χ1n) is 10.7. The molecule has 0 N–H and O–H groups in total. The van der Waals surface area contributed by atoms with E-state index < -0.39 is 7.44 Å². The zero-order chi connectivity index (χ0) is 17.8. The van der Waals surface area contributed by atoms with Crippen LogP contribution in [-0.2, 0) is 4.57 Å². The van der Waals surface area contributed by atoms with Crippen molar-refractivity contribution in [2.75, 3.05) is 39.3 Å². The first kappa shape index (κ1) is 19.1. The van der Waals surface area contributed by atoms with Gasteiger partial charge in [-0.1, -0.05) is 25.3 Å². The molecule has 3 aliphatic rings. The van der Waals surface area contributed by atoms with Crippen LogP contribution in [0.3, 0.4) is 0 Å². The van der Waals surface area contributed by atoms with Crippen molar-refractivity contribution in [3.05, 3.63) is 22.4 Å². The van der Waals surface area contributed by atoms with E-state index in [9.17, 15) is 0 Å². The smallest absolute Gasteiger partial charge is 0.238 e. The van der Waals surface area contributed by atoms with Crippen molar-refractivity contribution in [3.8, 4) is 0 Å². The summed E-state index contributed by atoms with van der Waals surface area (Å²) in [6.07, 6.45) is 11.2. The third-order valence-electron chi connectivity index (χ3n) is 6.33. The van der Waals surface area contributed by atoms with Crippen molar-refractivity contribution < 1.29 is 4.57 Å². The van der Waals surface area contributed by atoms with Gasteiger partial charge in [0, 0.05) is 31.1 Å². The molecule has 26 heavy (non-hydrogen) atoms. The molecule has 4 nitrogen and oxygen atoms in total. The lowest BCUT2D eigenvalue weighted by Crippen LogP contribution is -2.44. The lowest BCUT2D eigenvalue weighted by atomic mass is 10.1. The summed E-state index contributed by atoms with van der Waals surface area (Å²) < 4.78 is 19.9. The first-order valence-corrected chi connectivity index (χ1v) is 13.2. The van der Waals surface area contributed by atoms with Crippen molar-refractivity contribution in [2.45, 2.75) is 63.6 Å². The highest BCUT2D eigenvalue weighted by molar-refractivity contribution is 7.59. The summed E-state index contributed by atoms with van der Waals surface area (Å²) in [5.41, 5.74) is 0. The van der Waals surface area contributed by atoms with Gasteiger partial charge in [-0.2, -0.15) is 0 Å². The van der Waals surface area contributed by atoms with Gasteiger partial charge >= 0.3 is 0 Å². The van der Waals surface area contributed by atoms with Gasteiger partial charge in [-0.05, 0) is 63.1 Å². The summed E-state index contributed by atoms with van der Waals surface area (Å²) in [5.74, 6) is 0.0824. The van der Waals surface area contributed by atoms with Gasteiger partial charge in [-0.15, -0.1) is 11.3 Å². The number of hydrogen-bond acceptors (Lipinski definition) is 3. The van der Waals surface area contributed by atoms with E-state index >= 15 is 4.57 Å². The van der Waals surface area contributed by atoms with E-state index in [0.717, 1.165) is 39.3 Å². The molecule has 0 amide bonds. The Labute approximate surface area is 163 Å². The van der Waals surface area contributed by atoms with Gasteiger partial charge in [0.05, 0.1) is 0 Å². The molecule has 0 aliphatic carbocycles. The second-order valence-electron chi connectivity index (χ2n) is 8.10. The average molecular weight is 396 g/mol. The van der Waals surface area contributed by atoms with Gasteiger partial charge in [0.15, 0.2) is 0 Å². The second kappa shape index (κ2) is 8.87. The number of rotatable bonds is 5. The molecule has 0 unspecified atom stereocenters. The number of nitrogens with zero attached hydrogens (tertiary/aromatic N) is 3. The van der Waals surface area contributed by atoms with Gasteiger partial charge in [-0.3, -0.25) is 9.46 Å². The maximum Gasteiger partial charge on any atom is 0.238 e. The molecule has 3 aliphatic heterocycles.